The van der Waals surface area contributed by atoms with E-state index in [1.54, 1.807) is 0 Å². The quantitative estimate of drug-likeness (QED) is 0.712. The fourth-order valence-electron chi connectivity index (χ4n) is 2.83. The highest BCUT2D eigenvalue weighted by atomic mass is 16.2. The number of nitrogens with two attached hydrogens (primary N) is 1. The van der Waals surface area contributed by atoms with Crippen LogP contribution in [0.3, 0.4) is 0 Å². The third-order valence-corrected chi connectivity index (χ3v) is 3.85. The number of hydrogen-bond acceptors (Lipinski definition) is 2. The van der Waals surface area contributed by atoms with Gasteiger partial charge in [0.2, 0.25) is 0 Å². The molecule has 0 radical (unpaired) electrons. The van der Waals surface area contributed by atoms with Crippen molar-refractivity contribution in [1.82, 2.24) is 9.80 Å². The summed E-state index contributed by atoms with van der Waals surface area (Å²) < 4.78 is 0. The molecule has 2 amide bonds. The molecule has 1 aromatic rings. The molecule has 0 atom stereocenters. The molecule has 0 unspecified atom stereocenters. The molecule has 2 heterocycles. The van der Waals surface area contributed by atoms with Crippen molar-refractivity contribution in [3.8, 4) is 0 Å². The smallest absolute Gasteiger partial charge is 0.320 e. The first-order valence-corrected chi connectivity index (χ1v) is 6.65. The van der Waals surface area contributed by atoms with Crippen molar-refractivity contribution in [1.29, 1.82) is 0 Å². The van der Waals surface area contributed by atoms with Crippen LogP contribution in [0.25, 0.3) is 0 Å². The molecular weight excluding hydrogens is 226 g/mol. The number of rotatable bonds is 0. The molecular formula is C14H19N3O. The lowest BCUT2D eigenvalue weighted by Gasteiger charge is -2.30. The molecule has 4 heteroatoms. The number of carbonyl (C=O) groups is 1. The molecule has 4 nitrogen and oxygen atoms in total. The lowest BCUT2D eigenvalue weighted by atomic mass is 10.1. The average Bonchev–Trinajstić information content (AvgIpc) is 2.81. The predicted octanol–water partition coefficient (Wildman–Crippen LogP) is 2.19. The Balaban J connectivity index is 1.71. The molecule has 1 aromatic carbocycles. The molecule has 0 saturated carbocycles. The Bertz CT molecular complexity index is 466. The highest BCUT2D eigenvalue weighted by molar-refractivity contribution is 5.75. The summed E-state index contributed by atoms with van der Waals surface area (Å²) in [5.41, 5.74) is 8.99. The summed E-state index contributed by atoms with van der Waals surface area (Å²) >= 11 is 0. The van der Waals surface area contributed by atoms with E-state index in [9.17, 15) is 4.79 Å². The van der Waals surface area contributed by atoms with Crippen molar-refractivity contribution < 1.29 is 4.79 Å². The maximum atomic E-state index is 12.4. The zero-order valence-corrected chi connectivity index (χ0v) is 10.6. The van der Waals surface area contributed by atoms with Gasteiger partial charge in [-0.25, -0.2) is 4.79 Å². The normalized spacial score (nSPS) is 18.9. The Hall–Kier alpha value is -1.71. The van der Waals surface area contributed by atoms with Crippen LogP contribution in [0.1, 0.15) is 30.4 Å². The van der Waals surface area contributed by atoms with Crippen molar-refractivity contribution in [2.45, 2.75) is 32.4 Å². The van der Waals surface area contributed by atoms with Gasteiger partial charge < -0.3 is 15.5 Å². The van der Waals surface area contributed by atoms with Gasteiger partial charge in [0.25, 0.3) is 0 Å². The molecule has 2 N–H and O–H groups in total. The zero-order valence-electron chi connectivity index (χ0n) is 10.6. The standard InChI is InChI=1S/C14H19N3O/c15-13-5-4-11-9-17(10-12(11)8-13)14(18)16-6-2-1-3-7-16/h4-5,8H,1-3,6-7,9-10,15H2. The highest BCUT2D eigenvalue weighted by Crippen LogP contribution is 2.26. The minimum atomic E-state index is 0.185. The predicted molar refractivity (Wildman–Crippen MR) is 70.9 cm³/mol. The second-order valence-electron chi connectivity index (χ2n) is 5.21. The molecule has 0 spiro atoms. The maximum absolute atomic E-state index is 12.4. The van der Waals surface area contributed by atoms with E-state index in [4.69, 9.17) is 5.73 Å². The van der Waals surface area contributed by atoms with Gasteiger partial charge in [0.1, 0.15) is 0 Å². The molecule has 2 aliphatic heterocycles. The number of nitrogens with zero attached hydrogens (tertiary/aromatic N) is 2. The number of nitrogen functional groups attached to an aromatic ring is 1. The second kappa shape index (κ2) is 4.52. The molecule has 18 heavy (non-hydrogen) atoms. The SMILES string of the molecule is Nc1ccc2c(c1)CN(C(=O)N1CCCCC1)C2. The fourth-order valence-corrected chi connectivity index (χ4v) is 2.83. The number of carbonyl (C=O) groups excluding carboxylic acids is 1. The van der Waals surface area contributed by atoms with Crippen LogP contribution in [0.2, 0.25) is 0 Å². The van der Waals surface area contributed by atoms with E-state index in [2.05, 4.69) is 0 Å². The minimum absolute atomic E-state index is 0.185. The Labute approximate surface area is 107 Å². The number of fused-ring (bicyclic) bond motifs is 1. The molecule has 0 bridgehead atoms. The first-order valence-electron chi connectivity index (χ1n) is 6.65. The maximum Gasteiger partial charge on any atom is 0.320 e. The summed E-state index contributed by atoms with van der Waals surface area (Å²) in [6.07, 6.45) is 3.53. The van der Waals surface area contributed by atoms with Crippen LogP contribution >= 0.6 is 0 Å². The van der Waals surface area contributed by atoms with Crippen LogP contribution in [0.15, 0.2) is 18.2 Å². The summed E-state index contributed by atoms with van der Waals surface area (Å²) in [6.45, 7) is 3.25. The Kier molecular flexibility index (Phi) is 2.86. The Morgan fingerprint density at radius 3 is 2.50 bits per heavy atom. The average molecular weight is 245 g/mol. The van der Waals surface area contributed by atoms with Crippen molar-refractivity contribution in [2.75, 3.05) is 18.8 Å². The zero-order chi connectivity index (χ0) is 12.5. The lowest BCUT2D eigenvalue weighted by molar-refractivity contribution is 0.143. The first kappa shape index (κ1) is 11.4. The van der Waals surface area contributed by atoms with E-state index in [1.807, 2.05) is 28.0 Å². The summed E-state index contributed by atoms with van der Waals surface area (Å²) in [5, 5.41) is 0. The van der Waals surface area contributed by atoms with E-state index in [1.165, 1.54) is 17.5 Å². The molecule has 96 valence electrons. The third kappa shape index (κ3) is 2.03. The highest BCUT2D eigenvalue weighted by Gasteiger charge is 2.27. The number of hydrogen-bond donors (Lipinski definition) is 1. The van der Waals surface area contributed by atoms with Gasteiger partial charge in [-0.1, -0.05) is 6.07 Å². The fraction of sp³-hybridized carbons (Fsp3) is 0.500. The van der Waals surface area contributed by atoms with Crippen LogP contribution in [-0.4, -0.2) is 28.9 Å². The topological polar surface area (TPSA) is 49.6 Å². The molecule has 1 fully saturated rings. The third-order valence-electron chi connectivity index (χ3n) is 3.85. The van der Waals surface area contributed by atoms with Crippen LogP contribution in [0, 0.1) is 0 Å². The summed E-state index contributed by atoms with van der Waals surface area (Å²) in [4.78, 5) is 16.3. The van der Waals surface area contributed by atoms with Gasteiger partial charge in [-0.2, -0.15) is 0 Å². The van der Waals surface area contributed by atoms with Crippen LogP contribution < -0.4 is 5.73 Å². The number of anilines is 1. The van der Waals surface area contributed by atoms with E-state index in [-0.39, 0.29) is 6.03 Å². The van der Waals surface area contributed by atoms with Gasteiger partial charge in [0, 0.05) is 31.9 Å². The molecule has 0 aromatic heterocycles. The van der Waals surface area contributed by atoms with Crippen LogP contribution in [0.4, 0.5) is 10.5 Å². The number of urea groups is 1. The summed E-state index contributed by atoms with van der Waals surface area (Å²) in [6, 6.07) is 6.12. The minimum Gasteiger partial charge on any atom is -0.399 e. The number of benzene rings is 1. The number of likely N-dealkylation sites (tertiary alicyclic amines) is 1. The largest absolute Gasteiger partial charge is 0.399 e. The van der Waals surface area contributed by atoms with E-state index in [0.717, 1.165) is 38.2 Å². The first-order chi connectivity index (χ1) is 8.74. The molecule has 1 saturated heterocycles. The molecule has 2 aliphatic rings. The molecule has 3 rings (SSSR count). The van der Waals surface area contributed by atoms with Gasteiger partial charge in [0.05, 0.1) is 0 Å². The van der Waals surface area contributed by atoms with E-state index < -0.39 is 0 Å². The lowest BCUT2D eigenvalue weighted by Crippen LogP contribution is -2.43. The van der Waals surface area contributed by atoms with Crippen molar-refractivity contribution in [2.24, 2.45) is 0 Å². The summed E-state index contributed by atoms with van der Waals surface area (Å²) in [7, 11) is 0. The second-order valence-corrected chi connectivity index (χ2v) is 5.21. The molecule has 0 aliphatic carbocycles. The Morgan fingerprint density at radius 2 is 1.72 bits per heavy atom. The van der Waals surface area contributed by atoms with E-state index >= 15 is 0 Å². The van der Waals surface area contributed by atoms with Crippen molar-refractivity contribution in [3.63, 3.8) is 0 Å². The van der Waals surface area contributed by atoms with Crippen molar-refractivity contribution in [3.05, 3.63) is 29.3 Å². The monoisotopic (exact) mass is 245 g/mol. The number of amides is 2. The van der Waals surface area contributed by atoms with Gasteiger partial charge >= 0.3 is 6.03 Å². The van der Waals surface area contributed by atoms with Crippen molar-refractivity contribution >= 4 is 11.7 Å². The van der Waals surface area contributed by atoms with Gasteiger partial charge in [0.15, 0.2) is 0 Å². The van der Waals surface area contributed by atoms with E-state index in [0.29, 0.717) is 6.54 Å². The number of piperidine rings is 1. The summed E-state index contributed by atoms with van der Waals surface area (Å²) in [5.74, 6) is 0. The Morgan fingerprint density at radius 1 is 1.00 bits per heavy atom. The van der Waals surface area contributed by atoms with Gasteiger partial charge in [-0.15, -0.1) is 0 Å². The van der Waals surface area contributed by atoms with Gasteiger partial charge in [-0.3, -0.25) is 0 Å². The van der Waals surface area contributed by atoms with Crippen LogP contribution in [-0.2, 0) is 13.1 Å². The van der Waals surface area contributed by atoms with Crippen LogP contribution in [0.5, 0.6) is 0 Å². The van der Waals surface area contributed by atoms with Gasteiger partial charge in [-0.05, 0) is 42.5 Å².